The third-order valence-electron chi connectivity index (χ3n) is 2.58. The van der Waals surface area contributed by atoms with Crippen LogP contribution in [0.2, 0.25) is 0 Å². The summed E-state index contributed by atoms with van der Waals surface area (Å²) in [7, 11) is 0. The van der Waals surface area contributed by atoms with Gasteiger partial charge in [0, 0.05) is 0 Å². The van der Waals surface area contributed by atoms with Gasteiger partial charge in [-0.25, -0.2) is 4.79 Å². The highest BCUT2D eigenvalue weighted by molar-refractivity contribution is 7.15. The van der Waals surface area contributed by atoms with E-state index in [1.165, 1.54) is 16.9 Å². The number of anilines is 1. The molecule has 2 rings (SSSR count). The average Bonchev–Trinajstić information content (AvgIpc) is 2.87. The van der Waals surface area contributed by atoms with E-state index in [1.807, 2.05) is 38.1 Å². The minimum Gasteiger partial charge on any atom is -0.477 e. The van der Waals surface area contributed by atoms with E-state index in [9.17, 15) is 4.79 Å². The molecule has 19 heavy (non-hydrogen) atoms. The first-order valence-electron chi connectivity index (χ1n) is 5.77. The molecule has 1 heterocycles. The second-order valence-corrected chi connectivity index (χ2v) is 5.23. The number of hydrogen-bond donors (Lipinski definition) is 2. The molecule has 2 aromatic rings. The molecule has 0 saturated carbocycles. The fraction of sp³-hybridized carbons (Fsp3) is 0.143. The van der Waals surface area contributed by atoms with E-state index in [1.54, 1.807) is 12.1 Å². The van der Waals surface area contributed by atoms with Gasteiger partial charge in [0.05, 0.1) is 16.3 Å². The summed E-state index contributed by atoms with van der Waals surface area (Å²) in [4.78, 5) is 12.0. The van der Waals surface area contributed by atoms with Gasteiger partial charge in [-0.2, -0.15) is 5.10 Å². The van der Waals surface area contributed by atoms with Gasteiger partial charge in [-0.15, -0.1) is 11.3 Å². The molecule has 2 N–H and O–H groups in total. The minimum atomic E-state index is -0.907. The van der Waals surface area contributed by atoms with Gasteiger partial charge in [0.15, 0.2) is 0 Å². The Morgan fingerprint density at radius 2 is 1.79 bits per heavy atom. The van der Waals surface area contributed by atoms with E-state index >= 15 is 0 Å². The summed E-state index contributed by atoms with van der Waals surface area (Å²) in [5.41, 5.74) is 5.81. The molecule has 0 aliphatic heterocycles. The van der Waals surface area contributed by atoms with Gasteiger partial charge >= 0.3 is 5.97 Å². The van der Waals surface area contributed by atoms with E-state index in [-0.39, 0.29) is 0 Å². The number of carboxylic acids is 1. The molecule has 0 amide bonds. The molecule has 0 unspecified atom stereocenters. The quantitative estimate of drug-likeness (QED) is 0.661. The van der Waals surface area contributed by atoms with E-state index in [4.69, 9.17) is 5.11 Å². The van der Waals surface area contributed by atoms with Gasteiger partial charge in [-0.05, 0) is 38.1 Å². The number of nitrogens with zero attached hydrogens (tertiary/aromatic N) is 1. The number of aromatic carboxylic acids is 1. The lowest BCUT2D eigenvalue weighted by Crippen LogP contribution is -1.97. The summed E-state index contributed by atoms with van der Waals surface area (Å²) in [5, 5.41) is 13.1. The van der Waals surface area contributed by atoms with Gasteiger partial charge in [-0.3, -0.25) is 5.43 Å². The summed E-state index contributed by atoms with van der Waals surface area (Å²) >= 11 is 1.22. The molecule has 0 radical (unpaired) electrons. The third kappa shape index (κ3) is 3.42. The predicted molar refractivity (Wildman–Crippen MR) is 78.3 cm³/mol. The molecular weight excluding hydrogens is 260 g/mol. The number of aryl methyl sites for hydroxylation is 1. The SMILES string of the molecule is C/C(=N/Nc1ccc(C)cc1)c1ccc(C(=O)O)s1. The number of carbonyl (C=O) groups is 1. The summed E-state index contributed by atoms with van der Waals surface area (Å²) in [6.45, 7) is 3.87. The molecule has 0 spiro atoms. The van der Waals surface area contributed by atoms with Crippen molar-refractivity contribution < 1.29 is 9.90 Å². The number of carboxylic acid groups (broad SMARTS) is 1. The fourth-order valence-corrected chi connectivity index (χ4v) is 2.27. The van der Waals surface area contributed by atoms with Crippen molar-refractivity contribution in [3.05, 3.63) is 51.7 Å². The van der Waals surface area contributed by atoms with E-state index in [0.29, 0.717) is 4.88 Å². The topological polar surface area (TPSA) is 61.7 Å². The van der Waals surface area contributed by atoms with Crippen LogP contribution in [0.25, 0.3) is 0 Å². The molecule has 0 bridgehead atoms. The molecule has 0 saturated heterocycles. The monoisotopic (exact) mass is 274 g/mol. The van der Waals surface area contributed by atoms with Crippen LogP contribution in [0, 0.1) is 6.92 Å². The highest BCUT2D eigenvalue weighted by Crippen LogP contribution is 2.17. The molecule has 0 aliphatic carbocycles. The Hall–Kier alpha value is -2.14. The highest BCUT2D eigenvalue weighted by atomic mass is 32.1. The summed E-state index contributed by atoms with van der Waals surface area (Å²) in [5.74, 6) is -0.907. The smallest absolute Gasteiger partial charge is 0.345 e. The first kappa shape index (κ1) is 13.3. The standard InChI is InChI=1S/C14H14N2O2S/c1-9-3-5-11(6-4-9)16-15-10(2)12-7-8-13(19-12)14(17)18/h3-8,16H,1-2H3,(H,17,18)/b15-10-. The molecule has 0 aliphatic rings. The van der Waals surface area contributed by atoms with Crippen molar-refractivity contribution in [2.45, 2.75) is 13.8 Å². The Balaban J connectivity index is 2.09. The molecule has 1 aromatic carbocycles. The van der Waals surface area contributed by atoms with Crippen LogP contribution in [-0.4, -0.2) is 16.8 Å². The highest BCUT2D eigenvalue weighted by Gasteiger charge is 2.08. The first-order chi connectivity index (χ1) is 9.06. The van der Waals surface area contributed by atoms with E-state index < -0.39 is 5.97 Å². The Bertz CT molecular complexity index is 615. The third-order valence-corrected chi connectivity index (χ3v) is 3.76. The van der Waals surface area contributed by atoms with Gasteiger partial charge in [0.1, 0.15) is 4.88 Å². The zero-order valence-electron chi connectivity index (χ0n) is 10.7. The Labute approximate surface area is 115 Å². The van der Waals surface area contributed by atoms with Gasteiger partial charge in [-0.1, -0.05) is 17.7 Å². The van der Waals surface area contributed by atoms with Crippen molar-refractivity contribution >= 4 is 28.7 Å². The van der Waals surface area contributed by atoms with Crippen LogP contribution < -0.4 is 5.43 Å². The zero-order valence-corrected chi connectivity index (χ0v) is 11.5. The molecular formula is C14H14N2O2S. The van der Waals surface area contributed by atoms with Crippen LogP contribution in [-0.2, 0) is 0 Å². The van der Waals surface area contributed by atoms with Crippen molar-refractivity contribution in [3.8, 4) is 0 Å². The lowest BCUT2D eigenvalue weighted by atomic mass is 10.2. The van der Waals surface area contributed by atoms with E-state index in [2.05, 4.69) is 10.5 Å². The molecule has 4 nitrogen and oxygen atoms in total. The Kier molecular flexibility index (Phi) is 3.97. The summed E-state index contributed by atoms with van der Waals surface area (Å²) < 4.78 is 0. The summed E-state index contributed by atoms with van der Waals surface area (Å²) in [6.07, 6.45) is 0. The van der Waals surface area contributed by atoms with Gasteiger partial charge in [0.25, 0.3) is 0 Å². The number of rotatable bonds is 4. The molecule has 1 aromatic heterocycles. The van der Waals surface area contributed by atoms with Crippen LogP contribution >= 0.6 is 11.3 Å². The molecule has 0 atom stereocenters. The van der Waals surface area contributed by atoms with Crippen molar-refractivity contribution in [1.29, 1.82) is 0 Å². The average molecular weight is 274 g/mol. The maximum atomic E-state index is 10.8. The zero-order chi connectivity index (χ0) is 13.8. The minimum absolute atomic E-state index is 0.319. The number of thiophene rings is 1. The lowest BCUT2D eigenvalue weighted by Gasteiger charge is -2.02. The second-order valence-electron chi connectivity index (χ2n) is 4.14. The van der Waals surface area contributed by atoms with Crippen molar-refractivity contribution in [1.82, 2.24) is 0 Å². The Morgan fingerprint density at radius 1 is 1.16 bits per heavy atom. The number of hydrogen-bond acceptors (Lipinski definition) is 4. The van der Waals surface area contributed by atoms with Crippen molar-refractivity contribution in [3.63, 3.8) is 0 Å². The number of nitrogens with one attached hydrogen (secondary N) is 1. The largest absolute Gasteiger partial charge is 0.477 e. The van der Waals surface area contributed by atoms with Crippen LogP contribution in [0.15, 0.2) is 41.5 Å². The van der Waals surface area contributed by atoms with Gasteiger partial charge in [0.2, 0.25) is 0 Å². The summed E-state index contributed by atoms with van der Waals surface area (Å²) in [6, 6.07) is 11.3. The van der Waals surface area contributed by atoms with Crippen LogP contribution in [0.4, 0.5) is 5.69 Å². The molecule has 98 valence electrons. The van der Waals surface area contributed by atoms with Crippen LogP contribution in [0.3, 0.4) is 0 Å². The number of hydrazone groups is 1. The van der Waals surface area contributed by atoms with Crippen molar-refractivity contribution in [2.24, 2.45) is 5.10 Å². The van der Waals surface area contributed by atoms with E-state index in [0.717, 1.165) is 16.3 Å². The molecule has 5 heteroatoms. The first-order valence-corrected chi connectivity index (χ1v) is 6.58. The fourth-order valence-electron chi connectivity index (χ4n) is 1.48. The predicted octanol–water partition coefficient (Wildman–Crippen LogP) is 3.59. The maximum Gasteiger partial charge on any atom is 0.345 e. The maximum absolute atomic E-state index is 10.8. The number of benzene rings is 1. The Morgan fingerprint density at radius 3 is 2.37 bits per heavy atom. The van der Waals surface area contributed by atoms with Crippen LogP contribution in [0.5, 0.6) is 0 Å². The lowest BCUT2D eigenvalue weighted by molar-refractivity contribution is 0.0702. The van der Waals surface area contributed by atoms with Gasteiger partial charge < -0.3 is 5.11 Å². The normalized spacial score (nSPS) is 11.4. The second kappa shape index (κ2) is 5.67. The molecule has 0 fully saturated rings. The van der Waals surface area contributed by atoms with Crippen LogP contribution in [0.1, 0.15) is 27.0 Å². The van der Waals surface area contributed by atoms with Crippen molar-refractivity contribution in [2.75, 3.05) is 5.43 Å².